The largest absolute Gasteiger partial charge is 0.493 e. The number of anilines is 1. The summed E-state index contributed by atoms with van der Waals surface area (Å²) in [5.74, 6) is 1.47. The van der Waals surface area contributed by atoms with Crippen LogP contribution in [0.3, 0.4) is 0 Å². The maximum atomic E-state index is 5.98. The second-order valence-corrected chi connectivity index (χ2v) is 7.39. The minimum atomic E-state index is 0.0267. The Kier molecular flexibility index (Phi) is 3.72. The third-order valence-corrected chi connectivity index (χ3v) is 3.73. The molecule has 0 bridgehead atoms. The first kappa shape index (κ1) is 14.1. The molecule has 19 heavy (non-hydrogen) atoms. The topological polar surface area (TPSA) is 48.1 Å². The fraction of sp³-hybridized carbons (Fsp3) is 0.533. The molecule has 0 unspecified atom stereocenters. The number of hydrogen-bond donors (Lipinski definition) is 1. The number of nitrogens with zero attached hydrogens (tertiary/aromatic N) is 1. The van der Waals surface area contributed by atoms with Gasteiger partial charge in [0.05, 0.1) is 16.8 Å². The molecular weight excluding hydrogens is 256 g/mol. The normalized spacial score (nSPS) is 12.3. The van der Waals surface area contributed by atoms with Gasteiger partial charge in [-0.1, -0.05) is 46.0 Å². The molecule has 0 aliphatic carbocycles. The van der Waals surface area contributed by atoms with E-state index in [0.29, 0.717) is 11.0 Å². The van der Waals surface area contributed by atoms with E-state index in [-0.39, 0.29) is 5.41 Å². The zero-order valence-electron chi connectivity index (χ0n) is 12.3. The Morgan fingerprint density at radius 2 is 2.00 bits per heavy atom. The van der Waals surface area contributed by atoms with Crippen molar-refractivity contribution in [2.45, 2.75) is 40.0 Å². The molecule has 0 saturated carbocycles. The smallest absolute Gasteiger partial charge is 0.181 e. The monoisotopic (exact) mass is 278 g/mol. The van der Waals surface area contributed by atoms with Crippen LogP contribution in [0.1, 0.15) is 40.2 Å². The van der Waals surface area contributed by atoms with Crippen LogP contribution < -0.4 is 10.5 Å². The lowest BCUT2D eigenvalue weighted by Crippen LogP contribution is -2.15. The summed E-state index contributed by atoms with van der Waals surface area (Å²) in [6.07, 6.45) is 0. The number of rotatable bonds is 3. The predicted molar refractivity (Wildman–Crippen MR) is 83.1 cm³/mol. The van der Waals surface area contributed by atoms with Crippen LogP contribution in [0, 0.1) is 5.92 Å². The zero-order chi connectivity index (χ0) is 14.2. The van der Waals surface area contributed by atoms with Crippen LogP contribution in [-0.4, -0.2) is 11.6 Å². The summed E-state index contributed by atoms with van der Waals surface area (Å²) in [6.45, 7) is 11.6. The van der Waals surface area contributed by atoms with Crippen LogP contribution in [0.2, 0.25) is 0 Å². The highest BCUT2D eigenvalue weighted by molar-refractivity contribution is 7.22. The average molecular weight is 278 g/mol. The SMILES string of the molecule is CC(C)COc1cc2sc(N)nc2cc1C(C)(C)C. The van der Waals surface area contributed by atoms with Gasteiger partial charge in [0.1, 0.15) is 5.75 Å². The van der Waals surface area contributed by atoms with Crippen molar-refractivity contribution in [2.75, 3.05) is 12.3 Å². The molecule has 1 aromatic carbocycles. The predicted octanol–water partition coefficient (Wildman–Crippen LogP) is 4.21. The van der Waals surface area contributed by atoms with Gasteiger partial charge in [-0.2, -0.15) is 0 Å². The number of benzene rings is 1. The molecule has 1 heterocycles. The number of fused-ring (bicyclic) bond motifs is 1. The molecule has 0 aliphatic heterocycles. The summed E-state index contributed by atoms with van der Waals surface area (Å²) >= 11 is 1.51. The van der Waals surface area contributed by atoms with Gasteiger partial charge < -0.3 is 10.5 Å². The molecule has 104 valence electrons. The summed E-state index contributed by atoms with van der Waals surface area (Å²) in [6, 6.07) is 4.18. The molecule has 1 aromatic heterocycles. The van der Waals surface area contributed by atoms with Gasteiger partial charge in [-0.05, 0) is 23.5 Å². The fourth-order valence-electron chi connectivity index (χ4n) is 1.94. The molecule has 2 aromatic rings. The number of nitrogen functional groups attached to an aromatic ring is 1. The van der Waals surface area contributed by atoms with Crippen LogP contribution in [0.5, 0.6) is 5.75 Å². The van der Waals surface area contributed by atoms with Crippen LogP contribution in [0.15, 0.2) is 12.1 Å². The standard InChI is InChI=1S/C15H22N2OS/c1-9(2)8-18-12-7-13-11(17-14(16)19-13)6-10(12)15(3,4)5/h6-7,9H,8H2,1-5H3,(H2,16,17). The first-order chi connectivity index (χ1) is 8.77. The van der Waals surface area contributed by atoms with E-state index in [1.165, 1.54) is 16.9 Å². The third kappa shape index (κ3) is 3.18. The Balaban J connectivity index is 2.50. The van der Waals surface area contributed by atoms with Crippen molar-refractivity contribution in [2.24, 2.45) is 5.92 Å². The molecule has 0 amide bonds. The Morgan fingerprint density at radius 1 is 1.32 bits per heavy atom. The number of hydrogen-bond acceptors (Lipinski definition) is 4. The number of aromatic nitrogens is 1. The van der Waals surface area contributed by atoms with Gasteiger partial charge in [0.15, 0.2) is 5.13 Å². The average Bonchev–Trinajstić information content (AvgIpc) is 2.62. The second kappa shape index (κ2) is 5.00. The molecule has 4 heteroatoms. The molecule has 0 fully saturated rings. The lowest BCUT2D eigenvalue weighted by Gasteiger charge is -2.23. The first-order valence-corrected chi connectivity index (χ1v) is 7.42. The maximum absolute atomic E-state index is 5.98. The van der Waals surface area contributed by atoms with Crippen molar-refractivity contribution in [3.8, 4) is 5.75 Å². The van der Waals surface area contributed by atoms with E-state index < -0.39 is 0 Å². The molecule has 0 atom stereocenters. The van der Waals surface area contributed by atoms with Gasteiger partial charge in [-0.25, -0.2) is 4.98 Å². The lowest BCUT2D eigenvalue weighted by molar-refractivity contribution is 0.265. The molecule has 0 aliphatic rings. The first-order valence-electron chi connectivity index (χ1n) is 6.60. The van der Waals surface area contributed by atoms with Crippen LogP contribution in [0.4, 0.5) is 5.13 Å². The van der Waals surface area contributed by atoms with Gasteiger partial charge in [-0.15, -0.1) is 0 Å². The van der Waals surface area contributed by atoms with Crippen molar-refractivity contribution in [3.05, 3.63) is 17.7 Å². The summed E-state index contributed by atoms with van der Waals surface area (Å²) in [5.41, 5.74) is 7.96. The molecule has 3 nitrogen and oxygen atoms in total. The van der Waals surface area contributed by atoms with E-state index in [9.17, 15) is 0 Å². The van der Waals surface area contributed by atoms with E-state index in [0.717, 1.165) is 22.6 Å². The number of thiazole rings is 1. The van der Waals surface area contributed by atoms with Gasteiger partial charge in [0, 0.05) is 5.56 Å². The van der Waals surface area contributed by atoms with Crippen LogP contribution >= 0.6 is 11.3 Å². The molecular formula is C15H22N2OS. The molecule has 0 spiro atoms. The number of ether oxygens (including phenoxy) is 1. The molecule has 2 rings (SSSR count). The highest BCUT2D eigenvalue weighted by Crippen LogP contribution is 2.37. The molecule has 2 N–H and O–H groups in total. The maximum Gasteiger partial charge on any atom is 0.181 e. The molecule has 0 radical (unpaired) electrons. The Hall–Kier alpha value is -1.29. The fourth-order valence-corrected chi connectivity index (χ4v) is 2.68. The van der Waals surface area contributed by atoms with Crippen molar-refractivity contribution in [3.63, 3.8) is 0 Å². The van der Waals surface area contributed by atoms with E-state index in [2.05, 4.69) is 51.7 Å². The van der Waals surface area contributed by atoms with Gasteiger partial charge in [0.2, 0.25) is 0 Å². The highest BCUT2D eigenvalue weighted by Gasteiger charge is 2.21. The van der Waals surface area contributed by atoms with E-state index in [4.69, 9.17) is 10.5 Å². The van der Waals surface area contributed by atoms with E-state index >= 15 is 0 Å². The van der Waals surface area contributed by atoms with Gasteiger partial charge >= 0.3 is 0 Å². The van der Waals surface area contributed by atoms with E-state index in [1.54, 1.807) is 0 Å². The third-order valence-electron chi connectivity index (χ3n) is 2.89. The van der Waals surface area contributed by atoms with Crippen molar-refractivity contribution >= 4 is 26.7 Å². The number of nitrogens with two attached hydrogens (primary N) is 1. The van der Waals surface area contributed by atoms with Crippen LogP contribution in [-0.2, 0) is 5.41 Å². The minimum absolute atomic E-state index is 0.0267. The Labute approximate surface area is 118 Å². The second-order valence-electron chi connectivity index (χ2n) is 6.32. The Bertz CT molecular complexity index is 582. The zero-order valence-corrected chi connectivity index (χ0v) is 13.1. The van der Waals surface area contributed by atoms with Crippen LogP contribution in [0.25, 0.3) is 10.2 Å². The Morgan fingerprint density at radius 3 is 2.58 bits per heavy atom. The minimum Gasteiger partial charge on any atom is -0.493 e. The van der Waals surface area contributed by atoms with Crippen molar-refractivity contribution in [1.82, 2.24) is 4.98 Å². The van der Waals surface area contributed by atoms with Crippen molar-refractivity contribution in [1.29, 1.82) is 0 Å². The highest BCUT2D eigenvalue weighted by atomic mass is 32.1. The summed E-state index contributed by atoms with van der Waals surface area (Å²) < 4.78 is 7.07. The lowest BCUT2D eigenvalue weighted by atomic mass is 9.86. The molecule has 0 saturated heterocycles. The quantitative estimate of drug-likeness (QED) is 0.914. The summed E-state index contributed by atoms with van der Waals surface area (Å²) in [7, 11) is 0. The summed E-state index contributed by atoms with van der Waals surface area (Å²) in [4.78, 5) is 4.36. The van der Waals surface area contributed by atoms with Gasteiger partial charge in [-0.3, -0.25) is 0 Å². The van der Waals surface area contributed by atoms with Crippen molar-refractivity contribution < 1.29 is 4.74 Å². The van der Waals surface area contributed by atoms with E-state index in [1.807, 2.05) is 0 Å². The summed E-state index contributed by atoms with van der Waals surface area (Å²) in [5, 5.41) is 0.607. The van der Waals surface area contributed by atoms with Gasteiger partial charge in [0.25, 0.3) is 0 Å².